The van der Waals surface area contributed by atoms with Crippen LogP contribution in [0, 0.1) is 5.82 Å². The predicted molar refractivity (Wildman–Crippen MR) is 121 cm³/mol. The minimum atomic E-state index is -0.269. The fourth-order valence-corrected chi connectivity index (χ4v) is 3.27. The predicted octanol–water partition coefficient (Wildman–Crippen LogP) is 2.34. The third-order valence-electron chi connectivity index (χ3n) is 4.56. The van der Waals surface area contributed by atoms with Crippen LogP contribution < -0.4 is 15.5 Å². The Bertz CT molecular complexity index is 764. The first-order valence-electron chi connectivity index (χ1n) is 9.53. The molecule has 3 rings (SSSR count). The van der Waals surface area contributed by atoms with Crippen LogP contribution in [0.4, 0.5) is 10.2 Å². The summed E-state index contributed by atoms with van der Waals surface area (Å²) in [6.07, 6.45) is 8.43. The molecule has 0 saturated carbocycles. The van der Waals surface area contributed by atoms with E-state index in [0.29, 0.717) is 12.4 Å². The van der Waals surface area contributed by atoms with E-state index in [9.17, 15) is 4.39 Å². The number of aryl methyl sites for hydroxylation is 2. The smallest absolute Gasteiger partial charge is 0.191 e. The standard InChI is InChI=1S/C19H28FN7.HI/c1-3-21-19(23-10-4-6-15-12-24-26(2)13-15)25-16-8-11-27(14-16)18-17(20)7-5-9-22-18;/h5,7,9,12-13,16H,3-4,6,8,10-11,14H2,1-2H3,(H2,21,23,25);1H. The number of guanidine groups is 1. The molecule has 1 atom stereocenters. The molecule has 1 unspecified atom stereocenters. The average molecular weight is 501 g/mol. The summed E-state index contributed by atoms with van der Waals surface area (Å²) in [6.45, 7) is 5.10. The first-order chi connectivity index (χ1) is 13.2. The molecule has 2 aromatic heterocycles. The second-order valence-corrected chi connectivity index (χ2v) is 6.77. The van der Waals surface area contributed by atoms with Gasteiger partial charge in [-0.05, 0) is 43.9 Å². The van der Waals surface area contributed by atoms with Crippen LogP contribution in [0.3, 0.4) is 0 Å². The molecule has 2 aromatic rings. The minimum absolute atomic E-state index is 0. The molecular formula is C19H29FIN7. The van der Waals surface area contributed by atoms with Crippen LogP contribution in [0.5, 0.6) is 0 Å². The summed E-state index contributed by atoms with van der Waals surface area (Å²) in [5, 5.41) is 10.9. The lowest BCUT2D eigenvalue weighted by Gasteiger charge is -2.19. The molecule has 1 aliphatic rings. The summed E-state index contributed by atoms with van der Waals surface area (Å²) in [4.78, 5) is 10.8. The largest absolute Gasteiger partial charge is 0.357 e. The van der Waals surface area contributed by atoms with E-state index >= 15 is 0 Å². The zero-order valence-corrected chi connectivity index (χ0v) is 18.8. The third-order valence-corrected chi connectivity index (χ3v) is 4.56. The molecule has 1 saturated heterocycles. The zero-order valence-electron chi connectivity index (χ0n) is 16.4. The summed E-state index contributed by atoms with van der Waals surface area (Å²) >= 11 is 0. The highest BCUT2D eigenvalue weighted by molar-refractivity contribution is 14.0. The van der Waals surface area contributed by atoms with Gasteiger partial charge in [-0.1, -0.05) is 0 Å². The van der Waals surface area contributed by atoms with E-state index in [-0.39, 0.29) is 35.8 Å². The molecule has 7 nitrogen and oxygen atoms in total. The molecule has 2 N–H and O–H groups in total. The Hall–Kier alpha value is -1.91. The van der Waals surface area contributed by atoms with Crippen molar-refractivity contribution in [1.29, 1.82) is 0 Å². The van der Waals surface area contributed by atoms with Crippen molar-refractivity contribution in [2.24, 2.45) is 12.0 Å². The van der Waals surface area contributed by atoms with Crippen LogP contribution in [0.15, 0.2) is 35.7 Å². The summed E-state index contributed by atoms with van der Waals surface area (Å²) in [7, 11) is 1.93. The number of pyridine rings is 1. The second kappa shape index (κ2) is 11.2. The maximum Gasteiger partial charge on any atom is 0.191 e. The number of nitrogens with one attached hydrogen (secondary N) is 2. The molecule has 0 amide bonds. The van der Waals surface area contributed by atoms with Crippen molar-refractivity contribution in [2.75, 3.05) is 31.1 Å². The van der Waals surface area contributed by atoms with E-state index in [1.807, 2.05) is 29.0 Å². The molecule has 0 aliphatic carbocycles. The van der Waals surface area contributed by atoms with Crippen LogP contribution in [-0.2, 0) is 13.5 Å². The van der Waals surface area contributed by atoms with E-state index in [1.165, 1.54) is 11.6 Å². The monoisotopic (exact) mass is 501 g/mol. The van der Waals surface area contributed by atoms with Gasteiger partial charge >= 0.3 is 0 Å². The molecule has 1 fully saturated rings. The van der Waals surface area contributed by atoms with Crippen LogP contribution in [0.1, 0.15) is 25.3 Å². The van der Waals surface area contributed by atoms with E-state index in [0.717, 1.165) is 44.9 Å². The van der Waals surface area contributed by atoms with Crippen LogP contribution in [0.2, 0.25) is 0 Å². The molecule has 0 spiro atoms. The number of nitrogens with zero attached hydrogens (tertiary/aromatic N) is 5. The Labute approximate surface area is 182 Å². The summed E-state index contributed by atoms with van der Waals surface area (Å²) in [5.74, 6) is 0.978. The van der Waals surface area contributed by atoms with Gasteiger partial charge in [-0.15, -0.1) is 24.0 Å². The highest BCUT2D eigenvalue weighted by atomic mass is 127. The number of halogens is 2. The minimum Gasteiger partial charge on any atom is -0.357 e. The molecule has 0 aromatic carbocycles. The molecule has 1 aliphatic heterocycles. The molecular weight excluding hydrogens is 472 g/mol. The molecule has 0 radical (unpaired) electrons. The zero-order chi connectivity index (χ0) is 19.1. The normalized spacial score (nSPS) is 16.8. The van der Waals surface area contributed by atoms with E-state index in [4.69, 9.17) is 0 Å². The second-order valence-electron chi connectivity index (χ2n) is 6.77. The van der Waals surface area contributed by atoms with Gasteiger partial charge in [0.05, 0.1) is 6.20 Å². The van der Waals surface area contributed by atoms with Crippen LogP contribution in [-0.4, -0.2) is 52.9 Å². The van der Waals surface area contributed by atoms with E-state index < -0.39 is 0 Å². The van der Waals surface area contributed by atoms with Gasteiger partial charge in [-0.25, -0.2) is 9.37 Å². The van der Waals surface area contributed by atoms with Crippen LogP contribution in [0.25, 0.3) is 0 Å². The summed E-state index contributed by atoms with van der Waals surface area (Å²) in [5.41, 5.74) is 1.23. The summed E-state index contributed by atoms with van der Waals surface area (Å²) < 4.78 is 15.8. The van der Waals surface area contributed by atoms with Crippen molar-refractivity contribution < 1.29 is 4.39 Å². The van der Waals surface area contributed by atoms with Gasteiger partial charge in [-0.3, -0.25) is 9.67 Å². The van der Waals surface area contributed by atoms with Gasteiger partial charge in [0, 0.05) is 51.7 Å². The highest BCUT2D eigenvalue weighted by Gasteiger charge is 2.25. The SMILES string of the molecule is CCNC(=NCCCc1cnn(C)c1)NC1CCN(c2ncccc2F)C1.I. The topological polar surface area (TPSA) is 70.4 Å². The number of anilines is 1. The highest BCUT2D eigenvalue weighted by Crippen LogP contribution is 2.20. The lowest BCUT2D eigenvalue weighted by atomic mass is 10.2. The first-order valence-corrected chi connectivity index (χ1v) is 9.53. The Kier molecular flexibility index (Phi) is 8.94. The maximum absolute atomic E-state index is 13.9. The van der Waals surface area contributed by atoms with Gasteiger partial charge in [0.25, 0.3) is 0 Å². The van der Waals surface area contributed by atoms with Crippen molar-refractivity contribution in [3.63, 3.8) is 0 Å². The number of rotatable bonds is 7. The Morgan fingerprint density at radius 3 is 3.00 bits per heavy atom. The van der Waals surface area contributed by atoms with Gasteiger partial charge in [0.15, 0.2) is 17.6 Å². The Morgan fingerprint density at radius 1 is 1.43 bits per heavy atom. The van der Waals surface area contributed by atoms with Crippen molar-refractivity contribution in [3.8, 4) is 0 Å². The van der Waals surface area contributed by atoms with Crippen LogP contribution >= 0.6 is 24.0 Å². The van der Waals surface area contributed by atoms with E-state index in [2.05, 4.69) is 32.6 Å². The van der Waals surface area contributed by atoms with Gasteiger partial charge in [0.2, 0.25) is 0 Å². The quantitative estimate of drug-likeness (QED) is 0.264. The van der Waals surface area contributed by atoms with Crippen molar-refractivity contribution in [1.82, 2.24) is 25.4 Å². The van der Waals surface area contributed by atoms with Crippen molar-refractivity contribution in [2.45, 2.75) is 32.2 Å². The fourth-order valence-electron chi connectivity index (χ4n) is 3.27. The number of aliphatic imine (C=N–C) groups is 1. The fraction of sp³-hybridized carbons (Fsp3) is 0.526. The average Bonchev–Trinajstić information content (AvgIpc) is 3.28. The number of hydrogen-bond donors (Lipinski definition) is 2. The Morgan fingerprint density at radius 2 is 2.29 bits per heavy atom. The molecule has 9 heteroatoms. The maximum atomic E-state index is 13.9. The first kappa shape index (κ1) is 22.4. The lowest BCUT2D eigenvalue weighted by Crippen LogP contribution is -2.44. The van der Waals surface area contributed by atoms with Gasteiger partial charge < -0.3 is 15.5 Å². The van der Waals surface area contributed by atoms with Gasteiger partial charge in [-0.2, -0.15) is 5.10 Å². The molecule has 28 heavy (non-hydrogen) atoms. The third kappa shape index (κ3) is 6.32. The molecule has 154 valence electrons. The van der Waals surface area contributed by atoms with Crippen molar-refractivity contribution >= 4 is 35.8 Å². The number of aromatic nitrogens is 3. The summed E-state index contributed by atoms with van der Waals surface area (Å²) in [6, 6.07) is 3.30. The van der Waals surface area contributed by atoms with Gasteiger partial charge in [0.1, 0.15) is 0 Å². The molecule has 3 heterocycles. The van der Waals surface area contributed by atoms with Crippen molar-refractivity contribution in [3.05, 3.63) is 42.1 Å². The van der Waals surface area contributed by atoms with E-state index in [1.54, 1.807) is 12.3 Å². The molecule has 0 bridgehead atoms. The Balaban J connectivity index is 0.00000280. The lowest BCUT2D eigenvalue weighted by molar-refractivity contribution is 0.612. The number of hydrogen-bond acceptors (Lipinski definition) is 4.